The molecule has 0 spiro atoms. The van der Waals surface area contributed by atoms with Crippen LogP contribution in [0.4, 0.5) is 8.78 Å². The Hall–Kier alpha value is -2.09. The van der Waals surface area contributed by atoms with Crippen molar-refractivity contribution in [1.29, 1.82) is 0 Å². The lowest BCUT2D eigenvalue weighted by Crippen LogP contribution is -2.23. The molecule has 8 heteroatoms. The van der Waals surface area contributed by atoms with Gasteiger partial charge in [0.1, 0.15) is 11.6 Å². The topological polar surface area (TPSA) is 26.0 Å². The fourth-order valence-electron chi connectivity index (χ4n) is 3.30. The summed E-state index contributed by atoms with van der Waals surface area (Å²) in [6.45, 7) is 2.45. The summed E-state index contributed by atoms with van der Waals surface area (Å²) >= 11 is 11.7. The highest BCUT2D eigenvalue weighted by Gasteiger charge is 2.20. The van der Waals surface area contributed by atoms with Crippen molar-refractivity contribution in [2.75, 3.05) is 13.1 Å². The molecular formula is C19H17ClF2N4S. The van der Waals surface area contributed by atoms with E-state index in [9.17, 15) is 8.78 Å². The molecule has 0 aliphatic carbocycles. The van der Waals surface area contributed by atoms with Crippen molar-refractivity contribution in [2.45, 2.75) is 19.5 Å². The Labute approximate surface area is 165 Å². The molecule has 2 aromatic carbocycles. The van der Waals surface area contributed by atoms with Crippen molar-refractivity contribution in [2.24, 2.45) is 0 Å². The molecule has 0 N–H and O–H groups in total. The molecule has 4 rings (SSSR count). The summed E-state index contributed by atoms with van der Waals surface area (Å²) in [4.78, 5) is 2.23. The number of hydrogen-bond acceptors (Lipinski definition) is 3. The monoisotopic (exact) mass is 406 g/mol. The van der Waals surface area contributed by atoms with Gasteiger partial charge in [-0.1, -0.05) is 23.7 Å². The van der Waals surface area contributed by atoms with Crippen LogP contribution < -0.4 is 0 Å². The first-order valence-corrected chi connectivity index (χ1v) is 9.45. The van der Waals surface area contributed by atoms with Gasteiger partial charge in [0, 0.05) is 16.7 Å². The van der Waals surface area contributed by atoms with Gasteiger partial charge in [0.25, 0.3) is 0 Å². The van der Waals surface area contributed by atoms with Crippen molar-refractivity contribution in [3.63, 3.8) is 0 Å². The van der Waals surface area contributed by atoms with Gasteiger partial charge in [-0.3, -0.25) is 9.47 Å². The largest absolute Gasteiger partial charge is 0.284 e. The number of aromatic nitrogens is 3. The van der Waals surface area contributed by atoms with E-state index in [-0.39, 0.29) is 5.69 Å². The third-order valence-corrected chi connectivity index (χ3v) is 5.23. The molecule has 1 fully saturated rings. The molecule has 0 amide bonds. The minimum Gasteiger partial charge on any atom is -0.284 e. The minimum absolute atomic E-state index is 0.0302. The van der Waals surface area contributed by atoms with Crippen LogP contribution in [0.3, 0.4) is 0 Å². The molecule has 3 aromatic rings. The third kappa shape index (κ3) is 3.67. The maximum Gasteiger partial charge on any atom is 0.204 e. The average Bonchev–Trinajstić information content (AvgIpc) is 3.26. The smallest absolute Gasteiger partial charge is 0.204 e. The Morgan fingerprint density at radius 2 is 1.85 bits per heavy atom. The molecule has 27 heavy (non-hydrogen) atoms. The van der Waals surface area contributed by atoms with Crippen LogP contribution in [0.1, 0.15) is 12.8 Å². The molecule has 2 heterocycles. The SMILES string of the molecule is Fc1ccc(F)c(-n2c(-c3cccc(Cl)c3)nn(CN3CCCC3)c2=S)c1. The molecule has 1 aliphatic rings. The standard InChI is InChI=1S/C19H17ClF2N4S/c20-14-5-3-4-13(10-14)18-23-25(12-24-8-1-2-9-24)19(27)26(18)17-11-15(21)6-7-16(17)22/h3-7,10-11H,1-2,8-9,12H2. The van der Waals surface area contributed by atoms with Gasteiger partial charge in [0.2, 0.25) is 4.77 Å². The van der Waals surface area contributed by atoms with Crippen molar-refractivity contribution in [3.05, 3.63) is 63.9 Å². The van der Waals surface area contributed by atoms with Gasteiger partial charge in [0.15, 0.2) is 5.82 Å². The molecule has 0 atom stereocenters. The normalized spacial score (nSPS) is 14.8. The first-order chi connectivity index (χ1) is 13.0. The fourth-order valence-corrected chi connectivity index (χ4v) is 3.78. The fraction of sp³-hybridized carbons (Fsp3) is 0.263. The lowest BCUT2D eigenvalue weighted by Gasteiger charge is -2.13. The summed E-state index contributed by atoms with van der Waals surface area (Å²) in [5, 5.41) is 5.14. The average molecular weight is 407 g/mol. The van der Waals surface area contributed by atoms with Gasteiger partial charge in [-0.2, -0.15) is 0 Å². The van der Waals surface area contributed by atoms with Crippen molar-refractivity contribution in [1.82, 2.24) is 19.2 Å². The Balaban J connectivity index is 1.90. The minimum atomic E-state index is -0.573. The van der Waals surface area contributed by atoms with E-state index < -0.39 is 11.6 Å². The summed E-state index contributed by atoms with van der Waals surface area (Å²) in [6.07, 6.45) is 2.27. The summed E-state index contributed by atoms with van der Waals surface area (Å²) in [6, 6.07) is 10.4. The van der Waals surface area contributed by atoms with Crippen molar-refractivity contribution < 1.29 is 8.78 Å². The summed E-state index contributed by atoms with van der Waals surface area (Å²) in [7, 11) is 0. The van der Waals surface area contributed by atoms with Gasteiger partial charge in [-0.15, -0.1) is 5.10 Å². The van der Waals surface area contributed by atoms with E-state index in [2.05, 4.69) is 10.00 Å². The molecule has 140 valence electrons. The van der Waals surface area contributed by atoms with Crippen LogP contribution in [-0.4, -0.2) is 32.3 Å². The zero-order chi connectivity index (χ0) is 19.0. The maximum absolute atomic E-state index is 14.5. The Kier molecular flexibility index (Phi) is 5.08. The Bertz CT molecular complexity index is 1040. The Morgan fingerprint density at radius 3 is 2.59 bits per heavy atom. The van der Waals surface area contributed by atoms with Crippen LogP contribution in [0.2, 0.25) is 5.02 Å². The second-order valence-electron chi connectivity index (χ2n) is 6.51. The van der Waals surface area contributed by atoms with E-state index in [1.165, 1.54) is 4.57 Å². The van der Waals surface area contributed by atoms with Crippen LogP contribution in [0, 0.1) is 16.4 Å². The highest BCUT2D eigenvalue weighted by Crippen LogP contribution is 2.27. The number of halogens is 3. The molecular weight excluding hydrogens is 390 g/mol. The van der Waals surface area contributed by atoms with E-state index in [1.54, 1.807) is 22.9 Å². The van der Waals surface area contributed by atoms with Crippen LogP contribution in [0.15, 0.2) is 42.5 Å². The third-order valence-electron chi connectivity index (χ3n) is 4.60. The predicted molar refractivity (Wildman–Crippen MR) is 104 cm³/mol. The molecule has 0 bridgehead atoms. The lowest BCUT2D eigenvalue weighted by atomic mass is 10.2. The zero-order valence-corrected chi connectivity index (χ0v) is 16.0. The first-order valence-electron chi connectivity index (χ1n) is 8.66. The first kappa shape index (κ1) is 18.3. The van der Waals surface area contributed by atoms with Crippen LogP contribution in [0.25, 0.3) is 17.1 Å². The molecule has 1 aliphatic heterocycles. The van der Waals surface area contributed by atoms with Crippen molar-refractivity contribution in [3.8, 4) is 17.1 Å². The Morgan fingerprint density at radius 1 is 1.07 bits per heavy atom. The van der Waals surface area contributed by atoms with Gasteiger partial charge >= 0.3 is 0 Å². The van der Waals surface area contributed by atoms with Gasteiger partial charge in [-0.25, -0.2) is 13.5 Å². The predicted octanol–water partition coefficient (Wildman–Crippen LogP) is 5.06. The number of nitrogens with zero attached hydrogens (tertiary/aromatic N) is 4. The summed E-state index contributed by atoms with van der Waals surface area (Å²) in [5.74, 6) is -0.694. The molecule has 4 nitrogen and oxygen atoms in total. The second kappa shape index (κ2) is 7.50. The highest BCUT2D eigenvalue weighted by molar-refractivity contribution is 7.71. The van der Waals surface area contributed by atoms with Gasteiger partial charge < -0.3 is 0 Å². The van der Waals surface area contributed by atoms with Gasteiger partial charge in [-0.05, 0) is 62.4 Å². The second-order valence-corrected chi connectivity index (χ2v) is 7.32. The maximum atomic E-state index is 14.5. The van der Waals surface area contributed by atoms with E-state index >= 15 is 0 Å². The molecule has 0 unspecified atom stereocenters. The lowest BCUT2D eigenvalue weighted by molar-refractivity contribution is 0.253. The van der Waals surface area contributed by atoms with E-state index in [0.29, 0.717) is 27.9 Å². The number of hydrogen-bond donors (Lipinski definition) is 0. The van der Waals surface area contributed by atoms with E-state index in [4.69, 9.17) is 23.8 Å². The zero-order valence-electron chi connectivity index (χ0n) is 14.4. The number of likely N-dealkylation sites (tertiary alicyclic amines) is 1. The summed E-state index contributed by atoms with van der Waals surface area (Å²) in [5.41, 5.74) is 0.708. The molecule has 0 saturated carbocycles. The number of benzene rings is 2. The number of rotatable bonds is 4. The quantitative estimate of drug-likeness (QED) is 0.567. The van der Waals surface area contributed by atoms with E-state index in [1.807, 2.05) is 6.07 Å². The van der Waals surface area contributed by atoms with Crippen LogP contribution in [0.5, 0.6) is 0 Å². The highest BCUT2D eigenvalue weighted by atomic mass is 35.5. The summed E-state index contributed by atoms with van der Waals surface area (Å²) < 4.78 is 31.8. The molecule has 1 aromatic heterocycles. The van der Waals surface area contributed by atoms with Gasteiger partial charge in [0.05, 0.1) is 12.4 Å². The van der Waals surface area contributed by atoms with Crippen molar-refractivity contribution >= 4 is 23.8 Å². The molecule has 1 saturated heterocycles. The van der Waals surface area contributed by atoms with Crippen LogP contribution >= 0.6 is 23.8 Å². The molecule has 0 radical (unpaired) electrons. The van der Waals surface area contributed by atoms with E-state index in [0.717, 1.165) is 44.1 Å². The van der Waals surface area contributed by atoms with Crippen LogP contribution in [-0.2, 0) is 6.67 Å².